The summed E-state index contributed by atoms with van der Waals surface area (Å²) in [5, 5.41) is 7.71. The zero-order chi connectivity index (χ0) is 14.0. The van der Waals surface area contributed by atoms with Gasteiger partial charge in [-0.05, 0) is 19.9 Å². The predicted molar refractivity (Wildman–Crippen MR) is 80.1 cm³/mol. The van der Waals surface area contributed by atoms with Crippen molar-refractivity contribution in [2.45, 2.75) is 20.4 Å². The molecule has 2 rings (SSSR count). The summed E-state index contributed by atoms with van der Waals surface area (Å²) >= 11 is 5.03. The SMILES string of the molecule is Cc1nn(C)c(C)c1CNc1cnccc1C(N)=S. The van der Waals surface area contributed by atoms with E-state index < -0.39 is 0 Å². The second kappa shape index (κ2) is 5.36. The number of thiocarbonyl (C=S) groups is 1. The van der Waals surface area contributed by atoms with Crippen LogP contribution in [0, 0.1) is 13.8 Å². The average molecular weight is 275 g/mol. The van der Waals surface area contributed by atoms with Crippen LogP contribution in [-0.2, 0) is 13.6 Å². The first-order chi connectivity index (χ1) is 9.00. The Morgan fingerprint density at radius 1 is 1.47 bits per heavy atom. The molecule has 0 fully saturated rings. The van der Waals surface area contributed by atoms with Gasteiger partial charge in [-0.2, -0.15) is 5.10 Å². The number of pyridine rings is 1. The van der Waals surface area contributed by atoms with Crippen LogP contribution >= 0.6 is 12.2 Å². The molecule has 0 saturated carbocycles. The fourth-order valence-corrected chi connectivity index (χ4v) is 2.19. The minimum Gasteiger partial charge on any atom is -0.389 e. The lowest BCUT2D eigenvalue weighted by Crippen LogP contribution is -2.13. The monoisotopic (exact) mass is 275 g/mol. The molecule has 0 aromatic carbocycles. The number of nitrogens with two attached hydrogens (primary N) is 1. The molecule has 3 N–H and O–H groups in total. The molecule has 0 unspecified atom stereocenters. The third-order valence-corrected chi connectivity index (χ3v) is 3.42. The van der Waals surface area contributed by atoms with Crippen LogP contribution in [0.15, 0.2) is 18.5 Å². The van der Waals surface area contributed by atoms with Crippen LogP contribution in [0.5, 0.6) is 0 Å². The van der Waals surface area contributed by atoms with E-state index in [0.717, 1.165) is 22.6 Å². The van der Waals surface area contributed by atoms with E-state index in [-0.39, 0.29) is 0 Å². The van der Waals surface area contributed by atoms with Crippen LogP contribution in [0.25, 0.3) is 0 Å². The molecule has 0 amide bonds. The molecule has 5 nitrogen and oxygen atoms in total. The quantitative estimate of drug-likeness (QED) is 0.831. The summed E-state index contributed by atoms with van der Waals surface area (Å²) in [6.45, 7) is 4.73. The minimum atomic E-state index is 0.365. The van der Waals surface area contributed by atoms with Crippen molar-refractivity contribution in [3.63, 3.8) is 0 Å². The molecule has 0 atom stereocenters. The van der Waals surface area contributed by atoms with Crippen LogP contribution in [0.4, 0.5) is 5.69 Å². The van der Waals surface area contributed by atoms with E-state index in [4.69, 9.17) is 18.0 Å². The van der Waals surface area contributed by atoms with Crippen molar-refractivity contribution in [2.24, 2.45) is 12.8 Å². The smallest absolute Gasteiger partial charge is 0.106 e. The van der Waals surface area contributed by atoms with Gasteiger partial charge in [0.05, 0.1) is 17.6 Å². The molecule has 0 aliphatic carbocycles. The van der Waals surface area contributed by atoms with Crippen molar-refractivity contribution in [2.75, 3.05) is 5.32 Å². The third kappa shape index (κ3) is 2.73. The highest BCUT2D eigenvalue weighted by Gasteiger charge is 2.10. The lowest BCUT2D eigenvalue weighted by atomic mass is 10.1. The Bertz CT molecular complexity index is 617. The van der Waals surface area contributed by atoms with Gasteiger partial charge < -0.3 is 11.1 Å². The highest BCUT2D eigenvalue weighted by Crippen LogP contribution is 2.17. The second-order valence-corrected chi connectivity index (χ2v) is 4.85. The predicted octanol–water partition coefficient (Wildman–Crippen LogP) is 1.68. The first-order valence-corrected chi connectivity index (χ1v) is 6.38. The van der Waals surface area contributed by atoms with Crippen LogP contribution < -0.4 is 11.1 Å². The van der Waals surface area contributed by atoms with Crippen LogP contribution in [0.2, 0.25) is 0 Å². The molecular formula is C13H17N5S. The van der Waals surface area contributed by atoms with E-state index in [0.29, 0.717) is 11.5 Å². The van der Waals surface area contributed by atoms with Crippen molar-refractivity contribution in [1.29, 1.82) is 0 Å². The topological polar surface area (TPSA) is 68.8 Å². The van der Waals surface area contributed by atoms with E-state index in [9.17, 15) is 0 Å². The van der Waals surface area contributed by atoms with Gasteiger partial charge in [0.25, 0.3) is 0 Å². The number of rotatable bonds is 4. The summed E-state index contributed by atoms with van der Waals surface area (Å²) in [6, 6.07) is 1.81. The fourth-order valence-electron chi connectivity index (χ4n) is 2.01. The van der Waals surface area contributed by atoms with E-state index in [1.54, 1.807) is 12.4 Å². The Balaban J connectivity index is 2.22. The van der Waals surface area contributed by atoms with E-state index >= 15 is 0 Å². The van der Waals surface area contributed by atoms with Crippen molar-refractivity contribution in [3.8, 4) is 0 Å². The third-order valence-electron chi connectivity index (χ3n) is 3.20. The maximum absolute atomic E-state index is 5.69. The first kappa shape index (κ1) is 13.5. The number of aromatic nitrogens is 3. The number of hydrogen-bond acceptors (Lipinski definition) is 4. The van der Waals surface area contributed by atoms with E-state index in [1.165, 1.54) is 5.56 Å². The molecule has 0 saturated heterocycles. The summed E-state index contributed by atoms with van der Waals surface area (Å²) in [7, 11) is 1.94. The van der Waals surface area contributed by atoms with E-state index in [2.05, 4.69) is 22.3 Å². The lowest BCUT2D eigenvalue weighted by molar-refractivity contribution is 0.730. The number of hydrogen-bond donors (Lipinski definition) is 2. The highest BCUT2D eigenvalue weighted by atomic mass is 32.1. The van der Waals surface area contributed by atoms with Gasteiger partial charge in [-0.1, -0.05) is 12.2 Å². The van der Waals surface area contributed by atoms with Gasteiger partial charge in [-0.3, -0.25) is 9.67 Å². The molecule has 100 valence electrons. The van der Waals surface area contributed by atoms with E-state index in [1.807, 2.05) is 24.7 Å². The lowest BCUT2D eigenvalue weighted by Gasteiger charge is -2.10. The molecule has 0 spiro atoms. The summed E-state index contributed by atoms with van der Waals surface area (Å²) in [5.74, 6) is 0. The second-order valence-electron chi connectivity index (χ2n) is 4.41. The van der Waals surface area contributed by atoms with Gasteiger partial charge in [0.2, 0.25) is 0 Å². The van der Waals surface area contributed by atoms with Gasteiger partial charge in [-0.25, -0.2) is 0 Å². The molecule has 19 heavy (non-hydrogen) atoms. The number of aryl methyl sites for hydroxylation is 2. The zero-order valence-electron chi connectivity index (χ0n) is 11.3. The van der Waals surface area contributed by atoms with Crippen molar-refractivity contribution >= 4 is 22.9 Å². The Labute approximate surface area is 117 Å². The normalized spacial score (nSPS) is 10.5. The Kier molecular flexibility index (Phi) is 3.80. The molecule has 2 aromatic heterocycles. The van der Waals surface area contributed by atoms with Gasteiger partial charge in [-0.15, -0.1) is 0 Å². The maximum atomic E-state index is 5.69. The van der Waals surface area contributed by atoms with Crippen molar-refractivity contribution in [3.05, 3.63) is 41.0 Å². The number of anilines is 1. The van der Waals surface area contributed by atoms with Gasteiger partial charge in [0.1, 0.15) is 4.99 Å². The zero-order valence-corrected chi connectivity index (χ0v) is 12.1. The molecule has 0 aliphatic rings. The van der Waals surface area contributed by atoms with Crippen LogP contribution in [0.1, 0.15) is 22.5 Å². The van der Waals surface area contributed by atoms with Crippen molar-refractivity contribution < 1.29 is 0 Å². The Morgan fingerprint density at radius 3 is 2.79 bits per heavy atom. The standard InChI is InChI=1S/C13H17N5S/c1-8-11(9(2)18(3)17-8)6-16-12-7-15-5-4-10(12)13(14)19/h4-5,7,16H,6H2,1-3H3,(H2,14,19). The Morgan fingerprint density at radius 2 is 2.21 bits per heavy atom. The van der Waals surface area contributed by atoms with Gasteiger partial charge >= 0.3 is 0 Å². The number of nitrogens with one attached hydrogen (secondary N) is 1. The molecule has 2 aromatic rings. The largest absolute Gasteiger partial charge is 0.389 e. The summed E-state index contributed by atoms with van der Waals surface area (Å²) in [6.07, 6.45) is 3.41. The van der Waals surface area contributed by atoms with Crippen LogP contribution in [-0.4, -0.2) is 19.8 Å². The maximum Gasteiger partial charge on any atom is 0.106 e. The summed E-state index contributed by atoms with van der Waals surface area (Å²) in [5.41, 5.74) is 10.7. The molecule has 0 aliphatic heterocycles. The molecule has 0 radical (unpaired) electrons. The van der Waals surface area contributed by atoms with Crippen LogP contribution in [0.3, 0.4) is 0 Å². The Hall–Kier alpha value is -1.95. The highest BCUT2D eigenvalue weighted by molar-refractivity contribution is 7.80. The first-order valence-electron chi connectivity index (χ1n) is 5.97. The molecule has 6 heteroatoms. The fraction of sp³-hybridized carbons (Fsp3) is 0.308. The van der Waals surface area contributed by atoms with Gasteiger partial charge in [0.15, 0.2) is 0 Å². The van der Waals surface area contributed by atoms with Gasteiger partial charge in [0, 0.05) is 36.6 Å². The molecule has 2 heterocycles. The summed E-state index contributed by atoms with van der Waals surface area (Å²) in [4.78, 5) is 4.46. The molecular weight excluding hydrogens is 258 g/mol. The summed E-state index contributed by atoms with van der Waals surface area (Å²) < 4.78 is 1.88. The van der Waals surface area contributed by atoms with Crippen molar-refractivity contribution in [1.82, 2.24) is 14.8 Å². The minimum absolute atomic E-state index is 0.365. The number of nitrogens with zero attached hydrogens (tertiary/aromatic N) is 3. The average Bonchev–Trinajstić information content (AvgIpc) is 2.61. The molecule has 0 bridgehead atoms.